The van der Waals surface area contributed by atoms with Gasteiger partial charge < -0.3 is 19.9 Å². The predicted octanol–water partition coefficient (Wildman–Crippen LogP) is 4.45. The van der Waals surface area contributed by atoms with Crippen LogP contribution in [0.5, 0.6) is 11.5 Å². The number of hydrogen-bond donors (Lipinski definition) is 3. The number of ether oxygens (including phenoxy) is 2. The first-order chi connectivity index (χ1) is 16.6. The third-order valence-corrected chi connectivity index (χ3v) is 7.17. The number of aliphatic hydroxyl groups is 1. The van der Waals surface area contributed by atoms with Crippen molar-refractivity contribution in [2.24, 2.45) is 0 Å². The molecule has 1 amide bonds. The number of nitrogens with zero attached hydrogens (tertiary/aromatic N) is 2. The highest BCUT2D eigenvalue weighted by molar-refractivity contribution is 6.15. The molecule has 170 valence electrons. The van der Waals surface area contributed by atoms with Gasteiger partial charge in [-0.15, -0.1) is 0 Å². The minimum Gasteiger partial charge on any atom is -0.497 e. The Morgan fingerprint density at radius 1 is 1.21 bits per heavy atom. The van der Waals surface area contributed by atoms with Gasteiger partial charge in [0, 0.05) is 10.9 Å². The standard InChI is InChI=1S/C26H22N4O4/c1-33-15-6-8-21-18(12-15)26(9-10-26)25(32)30(21)14-5-7-16-20(11-14)28-29-24(16)27-19-4-2-3-17-22(31)13-34-23(17)19/h2-8,11-12,22,31H,9-10,13H2,1H3,(H2,27,28,29). The lowest BCUT2D eigenvalue weighted by molar-refractivity contribution is -0.119. The summed E-state index contributed by atoms with van der Waals surface area (Å²) in [5.41, 5.74) is 4.67. The van der Waals surface area contributed by atoms with E-state index in [2.05, 4.69) is 15.5 Å². The SMILES string of the molecule is COc1ccc2c(c1)C1(CC1)C(=O)N2c1ccc2c(Nc3cccc4c3OCC4O)n[nH]c2c1. The van der Waals surface area contributed by atoms with E-state index in [1.807, 2.05) is 59.5 Å². The van der Waals surface area contributed by atoms with E-state index in [-0.39, 0.29) is 12.5 Å². The molecule has 3 aliphatic rings. The van der Waals surface area contributed by atoms with Gasteiger partial charge in [0.15, 0.2) is 5.82 Å². The highest BCUT2D eigenvalue weighted by Gasteiger charge is 2.59. The number of para-hydroxylation sites is 1. The molecule has 34 heavy (non-hydrogen) atoms. The average molecular weight is 454 g/mol. The van der Waals surface area contributed by atoms with Crippen molar-refractivity contribution in [3.05, 3.63) is 65.7 Å². The fraction of sp³-hybridized carbons (Fsp3) is 0.231. The van der Waals surface area contributed by atoms with E-state index in [1.54, 1.807) is 7.11 Å². The number of carbonyl (C=O) groups excluding carboxylic acids is 1. The molecule has 0 radical (unpaired) electrons. The molecule has 8 nitrogen and oxygen atoms in total. The van der Waals surface area contributed by atoms with E-state index in [1.165, 1.54) is 0 Å². The molecule has 2 aliphatic heterocycles. The Labute approximate surface area is 195 Å². The lowest BCUT2D eigenvalue weighted by atomic mass is 9.98. The molecular formula is C26H22N4O4. The molecule has 7 rings (SSSR count). The Hall–Kier alpha value is -4.04. The van der Waals surface area contributed by atoms with Crippen LogP contribution in [0.15, 0.2) is 54.6 Å². The smallest absolute Gasteiger partial charge is 0.242 e. The van der Waals surface area contributed by atoms with Gasteiger partial charge >= 0.3 is 0 Å². The Morgan fingerprint density at radius 3 is 2.91 bits per heavy atom. The van der Waals surface area contributed by atoms with Crippen molar-refractivity contribution in [2.45, 2.75) is 24.4 Å². The summed E-state index contributed by atoms with van der Waals surface area (Å²) in [5.74, 6) is 2.18. The fourth-order valence-corrected chi connectivity index (χ4v) is 5.22. The van der Waals surface area contributed by atoms with E-state index in [4.69, 9.17) is 9.47 Å². The zero-order valence-electron chi connectivity index (χ0n) is 18.5. The van der Waals surface area contributed by atoms with Gasteiger partial charge in [-0.05, 0) is 60.9 Å². The summed E-state index contributed by atoms with van der Waals surface area (Å²) in [6.45, 7) is 0.247. The molecule has 1 aromatic heterocycles. The molecular weight excluding hydrogens is 432 g/mol. The van der Waals surface area contributed by atoms with Crippen molar-refractivity contribution in [1.29, 1.82) is 0 Å². The van der Waals surface area contributed by atoms with Crippen LogP contribution in [0.2, 0.25) is 0 Å². The number of aliphatic hydroxyl groups excluding tert-OH is 1. The molecule has 3 heterocycles. The number of rotatable bonds is 4. The Balaban J connectivity index is 1.26. The van der Waals surface area contributed by atoms with Gasteiger partial charge in [-0.3, -0.25) is 14.8 Å². The van der Waals surface area contributed by atoms with E-state index < -0.39 is 11.5 Å². The maximum absolute atomic E-state index is 13.5. The molecule has 3 N–H and O–H groups in total. The average Bonchev–Trinajstić information content (AvgIpc) is 3.37. The van der Waals surface area contributed by atoms with Crippen LogP contribution in [0.3, 0.4) is 0 Å². The lowest BCUT2D eigenvalue weighted by Crippen LogP contribution is -2.27. The molecule has 0 bridgehead atoms. The second-order valence-electron chi connectivity index (χ2n) is 9.08. The monoisotopic (exact) mass is 454 g/mol. The summed E-state index contributed by atoms with van der Waals surface area (Å²) >= 11 is 0. The number of fused-ring (bicyclic) bond motifs is 4. The largest absolute Gasteiger partial charge is 0.497 e. The van der Waals surface area contributed by atoms with Crippen molar-refractivity contribution in [3.63, 3.8) is 0 Å². The molecule has 8 heteroatoms. The molecule has 4 aromatic rings. The highest BCUT2D eigenvalue weighted by Crippen LogP contribution is 2.59. The number of benzene rings is 3. The maximum Gasteiger partial charge on any atom is 0.242 e. The van der Waals surface area contributed by atoms with Crippen LogP contribution in [-0.4, -0.2) is 34.9 Å². The Kier molecular flexibility index (Phi) is 3.85. The second-order valence-corrected chi connectivity index (χ2v) is 9.08. The van der Waals surface area contributed by atoms with Crippen molar-refractivity contribution >= 4 is 39.7 Å². The zero-order valence-corrected chi connectivity index (χ0v) is 18.5. The first-order valence-corrected chi connectivity index (χ1v) is 11.3. The van der Waals surface area contributed by atoms with Crippen LogP contribution < -0.4 is 19.7 Å². The van der Waals surface area contributed by atoms with Gasteiger partial charge in [0.25, 0.3) is 0 Å². The first-order valence-electron chi connectivity index (χ1n) is 11.3. The molecule has 1 atom stereocenters. The van der Waals surface area contributed by atoms with E-state index in [0.717, 1.165) is 57.7 Å². The maximum atomic E-state index is 13.5. The van der Waals surface area contributed by atoms with Gasteiger partial charge in [0.1, 0.15) is 24.2 Å². The van der Waals surface area contributed by atoms with Crippen LogP contribution in [0.25, 0.3) is 10.9 Å². The van der Waals surface area contributed by atoms with Gasteiger partial charge in [-0.2, -0.15) is 5.10 Å². The molecule has 3 aromatic carbocycles. The molecule has 1 spiro atoms. The number of H-pyrrole nitrogens is 1. The Bertz CT molecular complexity index is 1490. The van der Waals surface area contributed by atoms with Crippen molar-refractivity contribution < 1.29 is 19.4 Å². The number of hydrogen-bond acceptors (Lipinski definition) is 6. The number of carbonyl (C=O) groups is 1. The summed E-state index contributed by atoms with van der Waals surface area (Å²) in [5, 5.41) is 21.8. The summed E-state index contributed by atoms with van der Waals surface area (Å²) < 4.78 is 11.1. The first kappa shape index (κ1) is 19.4. The summed E-state index contributed by atoms with van der Waals surface area (Å²) in [7, 11) is 1.64. The number of methoxy groups -OCH3 is 1. The minimum absolute atomic E-state index is 0.114. The predicted molar refractivity (Wildman–Crippen MR) is 127 cm³/mol. The fourth-order valence-electron chi connectivity index (χ4n) is 5.22. The van der Waals surface area contributed by atoms with Gasteiger partial charge in [-0.25, -0.2) is 0 Å². The Morgan fingerprint density at radius 2 is 2.09 bits per heavy atom. The summed E-state index contributed by atoms with van der Waals surface area (Å²) in [6.07, 6.45) is 1.10. The van der Waals surface area contributed by atoms with Crippen LogP contribution in [-0.2, 0) is 10.2 Å². The van der Waals surface area contributed by atoms with Crippen molar-refractivity contribution in [2.75, 3.05) is 23.9 Å². The molecule has 0 saturated heterocycles. The van der Waals surface area contributed by atoms with Crippen LogP contribution in [0.4, 0.5) is 22.9 Å². The van der Waals surface area contributed by atoms with Gasteiger partial charge in [-0.1, -0.05) is 12.1 Å². The van der Waals surface area contributed by atoms with Gasteiger partial charge in [0.2, 0.25) is 5.91 Å². The molecule has 1 aliphatic carbocycles. The topological polar surface area (TPSA) is 99.7 Å². The highest BCUT2D eigenvalue weighted by atomic mass is 16.5. The number of aromatic nitrogens is 2. The minimum atomic E-state index is -0.620. The van der Waals surface area contributed by atoms with E-state index >= 15 is 0 Å². The number of aromatic amines is 1. The second kappa shape index (κ2) is 6.74. The lowest BCUT2D eigenvalue weighted by Gasteiger charge is -2.18. The molecule has 1 unspecified atom stereocenters. The summed E-state index contributed by atoms with van der Waals surface area (Å²) in [6, 6.07) is 17.4. The van der Waals surface area contributed by atoms with Gasteiger partial charge in [0.05, 0.1) is 35.1 Å². The number of nitrogens with one attached hydrogen (secondary N) is 2. The third-order valence-electron chi connectivity index (χ3n) is 7.17. The van der Waals surface area contributed by atoms with E-state index in [9.17, 15) is 9.90 Å². The number of amides is 1. The van der Waals surface area contributed by atoms with Crippen molar-refractivity contribution in [3.8, 4) is 11.5 Å². The quantitative estimate of drug-likeness (QED) is 0.421. The van der Waals surface area contributed by atoms with Crippen LogP contribution in [0, 0.1) is 0 Å². The molecule has 1 fully saturated rings. The van der Waals surface area contributed by atoms with Crippen molar-refractivity contribution in [1.82, 2.24) is 10.2 Å². The number of anilines is 4. The zero-order chi connectivity index (χ0) is 23.0. The van der Waals surface area contributed by atoms with Crippen LogP contribution >= 0.6 is 0 Å². The third kappa shape index (κ3) is 2.57. The van der Waals surface area contributed by atoms with E-state index in [0.29, 0.717) is 11.6 Å². The van der Waals surface area contributed by atoms with Crippen LogP contribution in [0.1, 0.15) is 30.1 Å². The normalized spacial score (nSPS) is 19.3. The summed E-state index contributed by atoms with van der Waals surface area (Å²) in [4.78, 5) is 15.3. The molecule has 1 saturated carbocycles.